The van der Waals surface area contributed by atoms with Gasteiger partial charge in [-0.25, -0.2) is 13.9 Å². The number of primary amides is 1. The van der Waals surface area contributed by atoms with Gasteiger partial charge >= 0.3 is 6.01 Å². The van der Waals surface area contributed by atoms with Crippen LogP contribution in [0, 0.1) is 12.7 Å². The van der Waals surface area contributed by atoms with Gasteiger partial charge in [0, 0.05) is 18.3 Å². The third kappa shape index (κ3) is 3.52. The molecule has 0 saturated carbocycles. The molecule has 0 unspecified atom stereocenters. The van der Waals surface area contributed by atoms with E-state index in [-0.39, 0.29) is 17.4 Å². The molecule has 0 radical (unpaired) electrons. The number of benzene rings is 2. The zero-order chi connectivity index (χ0) is 21.3. The van der Waals surface area contributed by atoms with Crippen molar-refractivity contribution in [2.75, 3.05) is 12.4 Å². The third-order valence-corrected chi connectivity index (χ3v) is 4.61. The third-order valence-electron chi connectivity index (χ3n) is 4.61. The maximum Gasteiger partial charge on any atom is 0.304 e. The van der Waals surface area contributed by atoms with E-state index in [1.165, 1.54) is 19.2 Å². The molecule has 152 valence electrons. The van der Waals surface area contributed by atoms with Crippen LogP contribution in [0.25, 0.3) is 17.0 Å². The number of hydrogen-bond donors (Lipinski definition) is 2. The lowest BCUT2D eigenvalue weighted by atomic mass is 10.2. The molecular weight excluding hydrogens is 387 g/mol. The monoisotopic (exact) mass is 406 g/mol. The minimum absolute atomic E-state index is 0.221. The number of carbonyl (C=O) groups excluding carboxylic acids is 1. The molecule has 0 saturated heterocycles. The quantitative estimate of drug-likeness (QED) is 0.510. The molecule has 0 atom stereocenters. The number of nitrogens with zero attached hydrogens (tertiary/aromatic N) is 4. The summed E-state index contributed by atoms with van der Waals surface area (Å²) in [5, 5.41) is 3.21. The van der Waals surface area contributed by atoms with Crippen molar-refractivity contribution in [3.63, 3.8) is 0 Å². The zero-order valence-corrected chi connectivity index (χ0v) is 16.4. The van der Waals surface area contributed by atoms with Crippen molar-refractivity contribution >= 4 is 22.8 Å². The van der Waals surface area contributed by atoms with Crippen molar-refractivity contribution in [1.82, 2.24) is 19.5 Å². The molecule has 3 N–H and O–H groups in total. The van der Waals surface area contributed by atoms with Crippen LogP contribution >= 0.6 is 0 Å². The first kappa shape index (κ1) is 19.3. The summed E-state index contributed by atoms with van der Waals surface area (Å²) in [4.78, 5) is 25.1. The highest BCUT2D eigenvalue weighted by Gasteiger charge is 2.20. The fourth-order valence-electron chi connectivity index (χ4n) is 3.16. The number of para-hydroxylation sites is 1. The van der Waals surface area contributed by atoms with Crippen LogP contribution in [-0.2, 0) is 6.54 Å². The van der Waals surface area contributed by atoms with Crippen LogP contribution in [-0.4, -0.2) is 32.5 Å². The zero-order valence-electron chi connectivity index (χ0n) is 16.4. The van der Waals surface area contributed by atoms with Crippen molar-refractivity contribution in [2.24, 2.45) is 5.73 Å². The number of methoxy groups -OCH3 is 1. The van der Waals surface area contributed by atoms with Crippen molar-refractivity contribution in [1.29, 1.82) is 0 Å². The SMILES string of the molecule is COc1nc2c(C(N)=O)cccc2n1-c1ncc(C)c(NCc2cccc(F)c2)n1. The molecule has 0 aliphatic carbocycles. The van der Waals surface area contributed by atoms with Crippen LogP contribution in [0.1, 0.15) is 21.5 Å². The van der Waals surface area contributed by atoms with Crippen LogP contribution in [0.15, 0.2) is 48.7 Å². The van der Waals surface area contributed by atoms with Gasteiger partial charge in [0.25, 0.3) is 5.91 Å². The molecule has 0 aliphatic rings. The van der Waals surface area contributed by atoms with E-state index in [0.717, 1.165) is 11.1 Å². The van der Waals surface area contributed by atoms with Crippen LogP contribution in [0.2, 0.25) is 0 Å². The number of ether oxygens (including phenoxy) is 1. The molecule has 0 aliphatic heterocycles. The number of rotatable bonds is 6. The van der Waals surface area contributed by atoms with E-state index in [0.29, 0.717) is 29.3 Å². The molecule has 0 spiro atoms. The minimum atomic E-state index is -0.588. The molecule has 30 heavy (non-hydrogen) atoms. The fraction of sp³-hybridized carbons (Fsp3) is 0.143. The van der Waals surface area contributed by atoms with Gasteiger partial charge in [-0.05, 0) is 36.8 Å². The predicted molar refractivity (Wildman–Crippen MR) is 110 cm³/mol. The number of carbonyl (C=O) groups is 1. The van der Waals surface area contributed by atoms with Gasteiger partial charge in [-0.1, -0.05) is 18.2 Å². The average Bonchev–Trinajstić information content (AvgIpc) is 3.12. The van der Waals surface area contributed by atoms with Crippen molar-refractivity contribution < 1.29 is 13.9 Å². The van der Waals surface area contributed by atoms with Crippen molar-refractivity contribution in [3.05, 3.63) is 71.2 Å². The maximum atomic E-state index is 13.4. The van der Waals surface area contributed by atoms with E-state index in [1.54, 1.807) is 35.0 Å². The van der Waals surface area contributed by atoms with Gasteiger partial charge in [-0.15, -0.1) is 0 Å². The molecule has 2 heterocycles. The van der Waals surface area contributed by atoms with Gasteiger partial charge in [0.1, 0.15) is 17.2 Å². The van der Waals surface area contributed by atoms with E-state index in [2.05, 4.69) is 20.3 Å². The van der Waals surface area contributed by atoms with E-state index in [4.69, 9.17) is 10.5 Å². The molecule has 0 fully saturated rings. The van der Waals surface area contributed by atoms with E-state index < -0.39 is 5.91 Å². The first-order chi connectivity index (χ1) is 14.5. The van der Waals surface area contributed by atoms with Crippen LogP contribution in [0.5, 0.6) is 6.01 Å². The molecule has 0 bridgehead atoms. The van der Waals surface area contributed by atoms with Gasteiger partial charge in [0.05, 0.1) is 18.2 Å². The number of aromatic nitrogens is 4. The lowest BCUT2D eigenvalue weighted by molar-refractivity contribution is 0.100. The van der Waals surface area contributed by atoms with Gasteiger partial charge in [0.15, 0.2) is 0 Å². The Morgan fingerprint density at radius 3 is 2.77 bits per heavy atom. The highest BCUT2D eigenvalue weighted by molar-refractivity contribution is 6.04. The molecule has 2 aromatic heterocycles. The number of halogens is 1. The Balaban J connectivity index is 1.76. The fourth-order valence-corrected chi connectivity index (χ4v) is 3.16. The molecular formula is C21H19FN6O2. The van der Waals surface area contributed by atoms with E-state index >= 15 is 0 Å². The summed E-state index contributed by atoms with van der Waals surface area (Å²) in [6, 6.07) is 11.6. The summed E-state index contributed by atoms with van der Waals surface area (Å²) >= 11 is 0. The Bertz CT molecular complexity index is 1250. The molecule has 4 aromatic rings. The van der Waals surface area contributed by atoms with Gasteiger partial charge in [0.2, 0.25) is 5.95 Å². The van der Waals surface area contributed by atoms with Gasteiger partial charge < -0.3 is 15.8 Å². The number of nitrogens with one attached hydrogen (secondary N) is 1. The number of fused-ring (bicyclic) bond motifs is 1. The number of amides is 1. The predicted octanol–water partition coefficient (Wildman–Crippen LogP) is 2.98. The van der Waals surface area contributed by atoms with E-state index in [9.17, 15) is 9.18 Å². The second-order valence-electron chi connectivity index (χ2n) is 6.66. The topological polar surface area (TPSA) is 108 Å². The molecule has 8 nitrogen and oxygen atoms in total. The number of anilines is 1. The summed E-state index contributed by atoms with van der Waals surface area (Å²) in [5.41, 5.74) is 8.34. The highest BCUT2D eigenvalue weighted by Crippen LogP contribution is 2.27. The second kappa shape index (κ2) is 7.78. The smallest absolute Gasteiger partial charge is 0.304 e. The largest absolute Gasteiger partial charge is 0.468 e. The summed E-state index contributed by atoms with van der Waals surface area (Å²) in [7, 11) is 1.47. The number of imidazole rings is 1. The number of hydrogen-bond acceptors (Lipinski definition) is 6. The molecule has 2 aromatic carbocycles. The standard InChI is InChI=1S/C21H19FN6O2/c1-12-10-25-20(27-19(12)24-11-13-5-3-6-14(22)9-13)28-16-8-4-7-15(18(23)29)17(16)26-21(28)30-2/h3-10H,11H2,1-2H3,(H2,23,29)(H,24,25,27). The number of nitrogens with two attached hydrogens (primary N) is 1. The first-order valence-corrected chi connectivity index (χ1v) is 9.15. The van der Waals surface area contributed by atoms with Gasteiger partial charge in [-0.2, -0.15) is 9.97 Å². The Labute approximate surface area is 171 Å². The Kier molecular flexibility index (Phi) is 5.01. The average molecular weight is 406 g/mol. The molecule has 9 heteroatoms. The summed E-state index contributed by atoms with van der Waals surface area (Å²) in [6.45, 7) is 2.26. The van der Waals surface area contributed by atoms with Gasteiger partial charge in [-0.3, -0.25) is 4.79 Å². The summed E-state index contributed by atoms with van der Waals surface area (Å²) < 4.78 is 20.4. The Morgan fingerprint density at radius 1 is 1.23 bits per heavy atom. The van der Waals surface area contributed by atoms with E-state index in [1.807, 2.05) is 13.0 Å². The lowest BCUT2D eigenvalue weighted by Gasteiger charge is -2.12. The molecule has 4 rings (SSSR count). The van der Waals surface area contributed by atoms with Crippen molar-refractivity contribution in [3.8, 4) is 12.0 Å². The van der Waals surface area contributed by atoms with Crippen LogP contribution < -0.4 is 15.8 Å². The van der Waals surface area contributed by atoms with Crippen LogP contribution in [0.3, 0.4) is 0 Å². The van der Waals surface area contributed by atoms with Crippen LogP contribution in [0.4, 0.5) is 10.2 Å². The normalized spacial score (nSPS) is 10.9. The molecule has 1 amide bonds. The highest BCUT2D eigenvalue weighted by atomic mass is 19.1. The number of aryl methyl sites for hydroxylation is 1. The summed E-state index contributed by atoms with van der Waals surface area (Å²) in [5.74, 6) is 0.00647. The Morgan fingerprint density at radius 2 is 2.03 bits per heavy atom. The minimum Gasteiger partial charge on any atom is -0.468 e. The first-order valence-electron chi connectivity index (χ1n) is 9.15. The lowest BCUT2D eigenvalue weighted by Crippen LogP contribution is -2.11. The maximum absolute atomic E-state index is 13.4. The van der Waals surface area contributed by atoms with Crippen molar-refractivity contribution in [2.45, 2.75) is 13.5 Å². The summed E-state index contributed by atoms with van der Waals surface area (Å²) in [6.07, 6.45) is 1.67. The second-order valence-corrected chi connectivity index (χ2v) is 6.66. The Hall–Kier alpha value is -4.01.